The highest BCUT2D eigenvalue weighted by molar-refractivity contribution is 5.94. The van der Waals surface area contributed by atoms with Gasteiger partial charge in [0.15, 0.2) is 0 Å². The number of phenolic OH excluding ortho intramolecular Hbond substituents is 1. The van der Waals surface area contributed by atoms with Crippen molar-refractivity contribution in [1.82, 2.24) is 16.0 Å². The van der Waals surface area contributed by atoms with Crippen LogP contribution in [0.2, 0.25) is 0 Å². The fourth-order valence-corrected chi connectivity index (χ4v) is 3.56. The summed E-state index contributed by atoms with van der Waals surface area (Å²) in [5, 5.41) is 36.3. The Balaban J connectivity index is 3.10. The van der Waals surface area contributed by atoms with E-state index in [4.69, 9.17) is 11.5 Å². The van der Waals surface area contributed by atoms with Crippen molar-refractivity contribution in [2.24, 2.45) is 17.4 Å². The first-order chi connectivity index (χ1) is 17.3. The Bertz CT molecular complexity index is 892. The average molecular weight is 524 g/mol. The van der Waals surface area contributed by atoms with Crippen LogP contribution in [0.1, 0.15) is 52.0 Å². The van der Waals surface area contributed by atoms with Gasteiger partial charge < -0.3 is 42.7 Å². The molecule has 0 bridgehead atoms. The lowest BCUT2D eigenvalue weighted by molar-refractivity contribution is -0.142. The average Bonchev–Trinajstić information content (AvgIpc) is 2.82. The monoisotopic (exact) mass is 523 g/mol. The lowest BCUT2D eigenvalue weighted by Gasteiger charge is -2.26. The number of nitrogens with two attached hydrogens (primary N) is 2. The molecule has 1 aromatic carbocycles. The SMILES string of the molecule is CC(C)CC(NC(=O)C(Cc1ccc(O)cc1)NC(=O)C(N)C(C)O)C(=O)NC(CCCCN)C(=O)O. The van der Waals surface area contributed by atoms with Crippen molar-refractivity contribution in [2.45, 2.75) is 83.1 Å². The minimum atomic E-state index is -1.28. The summed E-state index contributed by atoms with van der Waals surface area (Å²) in [6.45, 7) is 5.44. The van der Waals surface area contributed by atoms with Gasteiger partial charge in [0.2, 0.25) is 17.7 Å². The molecule has 208 valence electrons. The number of aliphatic carboxylic acids is 1. The number of phenols is 1. The van der Waals surface area contributed by atoms with E-state index >= 15 is 0 Å². The Kier molecular flexibility index (Phi) is 13.6. The van der Waals surface area contributed by atoms with Crippen LogP contribution in [0.5, 0.6) is 5.75 Å². The number of hydrogen-bond donors (Lipinski definition) is 8. The molecule has 5 unspecified atom stereocenters. The summed E-state index contributed by atoms with van der Waals surface area (Å²) in [5.41, 5.74) is 11.8. The maximum Gasteiger partial charge on any atom is 0.326 e. The molecule has 0 saturated heterocycles. The van der Waals surface area contributed by atoms with E-state index in [1.54, 1.807) is 12.1 Å². The molecule has 0 aromatic heterocycles. The number of carboxylic acids is 1. The number of nitrogens with one attached hydrogen (secondary N) is 3. The molecule has 0 fully saturated rings. The Hall–Kier alpha value is -3.22. The van der Waals surface area contributed by atoms with Crippen LogP contribution >= 0.6 is 0 Å². The summed E-state index contributed by atoms with van der Waals surface area (Å²) in [6, 6.07) is 1.37. The number of rotatable bonds is 16. The summed E-state index contributed by atoms with van der Waals surface area (Å²) in [7, 11) is 0. The van der Waals surface area contributed by atoms with Gasteiger partial charge in [-0.2, -0.15) is 0 Å². The summed E-state index contributed by atoms with van der Waals surface area (Å²) in [6.07, 6.45) is 0.385. The Morgan fingerprint density at radius 2 is 1.41 bits per heavy atom. The number of amides is 3. The van der Waals surface area contributed by atoms with Crippen molar-refractivity contribution in [1.29, 1.82) is 0 Å². The number of hydrogen-bond acceptors (Lipinski definition) is 8. The topological polar surface area (TPSA) is 217 Å². The molecule has 0 aliphatic carbocycles. The van der Waals surface area contributed by atoms with Gasteiger partial charge in [-0.25, -0.2) is 4.79 Å². The molecule has 5 atom stereocenters. The van der Waals surface area contributed by atoms with Crippen LogP contribution in [0, 0.1) is 5.92 Å². The first kappa shape index (κ1) is 31.8. The van der Waals surface area contributed by atoms with E-state index in [2.05, 4.69) is 16.0 Å². The molecular formula is C25H41N5O7. The molecule has 10 N–H and O–H groups in total. The molecule has 12 nitrogen and oxygen atoms in total. The fraction of sp³-hybridized carbons (Fsp3) is 0.600. The molecule has 0 saturated carbocycles. The number of aliphatic hydroxyl groups is 1. The van der Waals surface area contributed by atoms with Crippen LogP contribution in [-0.4, -0.2) is 75.8 Å². The van der Waals surface area contributed by atoms with E-state index in [-0.39, 0.29) is 30.9 Å². The first-order valence-corrected chi connectivity index (χ1v) is 12.4. The van der Waals surface area contributed by atoms with E-state index in [0.29, 0.717) is 24.9 Å². The Labute approximate surface area is 217 Å². The van der Waals surface area contributed by atoms with Gasteiger partial charge in [-0.1, -0.05) is 26.0 Å². The lowest BCUT2D eigenvalue weighted by Crippen LogP contribution is -2.58. The van der Waals surface area contributed by atoms with E-state index in [9.17, 15) is 34.5 Å². The van der Waals surface area contributed by atoms with Gasteiger partial charge in [0.05, 0.1) is 6.10 Å². The molecule has 0 aliphatic heterocycles. The molecule has 37 heavy (non-hydrogen) atoms. The molecule has 1 rings (SSSR count). The van der Waals surface area contributed by atoms with Crippen LogP contribution < -0.4 is 27.4 Å². The minimum Gasteiger partial charge on any atom is -0.508 e. The number of benzene rings is 1. The van der Waals surface area contributed by atoms with Crippen LogP contribution in [0.4, 0.5) is 0 Å². The van der Waals surface area contributed by atoms with Crippen molar-refractivity contribution in [3.05, 3.63) is 29.8 Å². The molecule has 0 spiro atoms. The molecular weight excluding hydrogens is 482 g/mol. The van der Waals surface area contributed by atoms with Gasteiger partial charge in [0.1, 0.15) is 29.9 Å². The zero-order valence-electron chi connectivity index (χ0n) is 21.6. The third-order valence-corrected chi connectivity index (χ3v) is 5.73. The number of carboxylic acid groups (broad SMARTS) is 1. The number of aliphatic hydroxyl groups excluding tert-OH is 1. The van der Waals surface area contributed by atoms with E-state index in [1.807, 2.05) is 13.8 Å². The molecule has 0 aliphatic rings. The summed E-state index contributed by atoms with van der Waals surface area (Å²) in [5.74, 6) is -3.29. The molecule has 0 radical (unpaired) electrons. The second-order valence-corrected chi connectivity index (χ2v) is 9.57. The number of aromatic hydroxyl groups is 1. The zero-order chi connectivity index (χ0) is 28.1. The van der Waals surface area contributed by atoms with Crippen LogP contribution in [0.25, 0.3) is 0 Å². The van der Waals surface area contributed by atoms with Crippen LogP contribution in [-0.2, 0) is 25.6 Å². The third kappa shape index (κ3) is 11.6. The molecule has 1 aromatic rings. The summed E-state index contributed by atoms with van der Waals surface area (Å²) < 4.78 is 0. The standard InChI is InChI=1S/C25H41N5O7/c1-14(2)12-19(22(33)28-18(25(36)37)6-4-5-11-26)29-23(34)20(30-24(35)21(27)15(3)31)13-16-7-9-17(32)10-8-16/h7-10,14-15,18-21,31-32H,4-6,11-13,26-27H2,1-3H3,(H,28,33)(H,29,34)(H,30,35)(H,36,37). The van der Waals surface area contributed by atoms with Gasteiger partial charge in [0, 0.05) is 6.42 Å². The normalized spacial score (nSPS) is 15.2. The van der Waals surface area contributed by atoms with E-state index in [0.717, 1.165) is 0 Å². The minimum absolute atomic E-state index is 0.0112. The largest absolute Gasteiger partial charge is 0.508 e. The second-order valence-electron chi connectivity index (χ2n) is 9.57. The lowest BCUT2D eigenvalue weighted by atomic mass is 10.00. The molecule has 3 amide bonds. The first-order valence-electron chi connectivity index (χ1n) is 12.4. The van der Waals surface area contributed by atoms with Crippen LogP contribution in [0.15, 0.2) is 24.3 Å². The summed E-state index contributed by atoms with van der Waals surface area (Å²) in [4.78, 5) is 50.5. The van der Waals surface area contributed by atoms with Gasteiger partial charge in [-0.3, -0.25) is 14.4 Å². The predicted octanol–water partition coefficient (Wildman–Crippen LogP) is -0.643. The predicted molar refractivity (Wildman–Crippen MR) is 137 cm³/mol. The number of unbranched alkanes of at least 4 members (excludes halogenated alkanes) is 1. The van der Waals surface area contributed by atoms with Crippen molar-refractivity contribution in [3.63, 3.8) is 0 Å². The summed E-state index contributed by atoms with van der Waals surface area (Å²) >= 11 is 0. The van der Waals surface area contributed by atoms with E-state index in [1.165, 1.54) is 19.1 Å². The van der Waals surface area contributed by atoms with Gasteiger partial charge in [0.25, 0.3) is 0 Å². The number of carbonyl (C=O) groups is 4. The molecule has 12 heteroatoms. The van der Waals surface area contributed by atoms with Crippen molar-refractivity contribution in [3.8, 4) is 5.75 Å². The maximum atomic E-state index is 13.3. The van der Waals surface area contributed by atoms with Crippen molar-refractivity contribution in [2.75, 3.05) is 6.54 Å². The third-order valence-electron chi connectivity index (χ3n) is 5.73. The van der Waals surface area contributed by atoms with Gasteiger partial charge in [-0.15, -0.1) is 0 Å². The van der Waals surface area contributed by atoms with Crippen molar-refractivity contribution >= 4 is 23.7 Å². The smallest absolute Gasteiger partial charge is 0.326 e. The Morgan fingerprint density at radius 3 is 1.92 bits per heavy atom. The fourth-order valence-electron chi connectivity index (χ4n) is 3.56. The number of carbonyl (C=O) groups excluding carboxylic acids is 3. The second kappa shape index (κ2) is 15.8. The highest BCUT2D eigenvalue weighted by atomic mass is 16.4. The highest BCUT2D eigenvalue weighted by Crippen LogP contribution is 2.13. The Morgan fingerprint density at radius 1 is 0.865 bits per heavy atom. The molecule has 0 heterocycles. The van der Waals surface area contributed by atoms with E-state index < -0.39 is 54.0 Å². The quantitative estimate of drug-likeness (QED) is 0.129. The van der Waals surface area contributed by atoms with Gasteiger partial charge >= 0.3 is 5.97 Å². The van der Waals surface area contributed by atoms with Gasteiger partial charge in [-0.05, 0) is 62.8 Å². The van der Waals surface area contributed by atoms with Crippen LogP contribution in [0.3, 0.4) is 0 Å². The maximum absolute atomic E-state index is 13.3. The van der Waals surface area contributed by atoms with Crippen molar-refractivity contribution < 1.29 is 34.5 Å². The zero-order valence-corrected chi connectivity index (χ0v) is 21.6. The highest BCUT2D eigenvalue weighted by Gasteiger charge is 2.31.